The molecule has 2 aliphatic rings. The number of amides is 2. The normalized spacial score (nSPS) is 19.2. The molecule has 1 unspecified atom stereocenters. The summed E-state index contributed by atoms with van der Waals surface area (Å²) >= 11 is 0. The molecule has 3 rings (SSSR count). The molecule has 1 aromatic carbocycles. The van der Waals surface area contributed by atoms with Crippen molar-refractivity contribution < 1.29 is 9.59 Å². The molecule has 0 radical (unpaired) electrons. The van der Waals surface area contributed by atoms with Crippen molar-refractivity contribution in [1.82, 2.24) is 0 Å². The molecular weight excluding hydrogens is 256 g/mol. The number of benzene rings is 1. The average molecular weight is 270 g/mol. The Bertz CT molecular complexity index is 676. The number of ketones is 1. The highest BCUT2D eigenvalue weighted by Gasteiger charge is 2.41. The number of carbonyl (C=O) groups excluding carboxylic acids is 2. The van der Waals surface area contributed by atoms with Gasteiger partial charge in [0.2, 0.25) is 0 Å². The van der Waals surface area contributed by atoms with Crippen LogP contribution >= 0.6 is 0 Å². The highest BCUT2D eigenvalue weighted by atomic mass is 16.2. The molecule has 1 heterocycles. The summed E-state index contributed by atoms with van der Waals surface area (Å²) in [6.45, 7) is 2.03. The maximum Gasteiger partial charge on any atom is 0.316 e. The summed E-state index contributed by atoms with van der Waals surface area (Å²) in [6, 6.07) is 4.26. The van der Waals surface area contributed by atoms with Crippen LogP contribution in [0.1, 0.15) is 41.7 Å². The highest BCUT2D eigenvalue weighted by molar-refractivity contribution is 6.19. The number of anilines is 1. The quantitative estimate of drug-likeness (QED) is 0.882. The van der Waals surface area contributed by atoms with Crippen molar-refractivity contribution in [2.45, 2.75) is 25.8 Å². The minimum Gasteiger partial charge on any atom is -0.351 e. The minimum atomic E-state index is -0.687. The predicted octanol–water partition coefficient (Wildman–Crippen LogP) is 2.93. The molecule has 6 heteroatoms. The maximum absolute atomic E-state index is 12.6. The van der Waals surface area contributed by atoms with E-state index in [1.165, 1.54) is 0 Å². The van der Waals surface area contributed by atoms with Gasteiger partial charge in [0.1, 0.15) is 6.04 Å². The Morgan fingerprint density at radius 2 is 2.25 bits per heavy atom. The molecule has 6 nitrogen and oxygen atoms in total. The number of rotatable bonds is 3. The van der Waals surface area contributed by atoms with Gasteiger partial charge in [-0.05, 0) is 18.1 Å². The molecule has 0 bridgehead atoms. The van der Waals surface area contributed by atoms with Gasteiger partial charge >= 0.3 is 6.03 Å². The molecule has 1 aliphatic carbocycles. The van der Waals surface area contributed by atoms with Crippen LogP contribution < -0.4 is 11.1 Å². The first-order valence-electron chi connectivity index (χ1n) is 6.51. The van der Waals surface area contributed by atoms with Gasteiger partial charge in [0, 0.05) is 0 Å². The summed E-state index contributed by atoms with van der Waals surface area (Å²) in [5.41, 5.74) is 8.24. The van der Waals surface area contributed by atoms with Crippen LogP contribution in [-0.4, -0.2) is 11.8 Å². The van der Waals surface area contributed by atoms with E-state index in [1.807, 2.05) is 13.0 Å². The number of fused-ring (bicyclic) bond motifs is 3. The van der Waals surface area contributed by atoms with Gasteiger partial charge in [0.25, 0.3) is 0 Å². The molecule has 0 saturated heterocycles. The highest BCUT2D eigenvalue weighted by Crippen LogP contribution is 2.47. The number of Topliss-reactive ketones (excluding diaryl/α,β-unsaturated/α-hetero) is 1. The van der Waals surface area contributed by atoms with Crippen LogP contribution in [0.2, 0.25) is 0 Å². The first kappa shape index (κ1) is 12.5. The van der Waals surface area contributed by atoms with Crippen molar-refractivity contribution >= 4 is 17.5 Å². The van der Waals surface area contributed by atoms with Gasteiger partial charge in [0.15, 0.2) is 5.78 Å². The fourth-order valence-corrected chi connectivity index (χ4v) is 2.71. The van der Waals surface area contributed by atoms with Crippen LogP contribution in [0.15, 0.2) is 39.7 Å². The number of allylic oxidation sites excluding steroid dienone is 1. The van der Waals surface area contributed by atoms with Crippen LogP contribution in [0.25, 0.3) is 0 Å². The van der Waals surface area contributed by atoms with Crippen molar-refractivity contribution in [3.05, 3.63) is 40.6 Å². The van der Waals surface area contributed by atoms with Gasteiger partial charge < -0.3 is 11.1 Å². The van der Waals surface area contributed by atoms with E-state index >= 15 is 0 Å². The summed E-state index contributed by atoms with van der Waals surface area (Å²) in [7, 11) is 0. The average Bonchev–Trinajstić information content (AvgIpc) is 2.92. The van der Waals surface area contributed by atoms with E-state index in [9.17, 15) is 9.59 Å². The lowest BCUT2D eigenvalue weighted by Gasteiger charge is -2.07. The summed E-state index contributed by atoms with van der Waals surface area (Å²) in [6.07, 6.45) is 1.63. The topological polar surface area (TPSA) is 96.9 Å². The number of nitrogens with zero attached hydrogens (tertiary/aromatic N) is 2. The molecule has 0 aromatic heterocycles. The number of carbonyl (C=O) groups is 2. The van der Waals surface area contributed by atoms with Gasteiger partial charge in [-0.1, -0.05) is 25.5 Å². The summed E-state index contributed by atoms with van der Waals surface area (Å²) in [5, 5.41) is 10.8. The third kappa shape index (κ3) is 1.72. The van der Waals surface area contributed by atoms with Gasteiger partial charge in [-0.15, -0.1) is 0 Å². The molecule has 0 spiro atoms. The van der Waals surface area contributed by atoms with Crippen molar-refractivity contribution in [2.24, 2.45) is 16.0 Å². The number of nitrogens with one attached hydrogen (secondary N) is 1. The molecule has 0 fully saturated rings. The number of nitrogens with two attached hydrogens (primary N) is 1. The third-order valence-electron chi connectivity index (χ3n) is 3.49. The number of hydrogen-bond acceptors (Lipinski definition) is 4. The standard InChI is InChI=1S/C14H14N4O2/c1-2-4-9-11-12(18-17-9)7-5-3-6-8(16-14(15)20)10(7)13(11)19/h3,5-6,12H,2,4H2,1H3,(H3,15,16,20). The van der Waals surface area contributed by atoms with E-state index in [-0.39, 0.29) is 11.8 Å². The van der Waals surface area contributed by atoms with Gasteiger partial charge in [-0.25, -0.2) is 4.79 Å². The Labute approximate surface area is 115 Å². The lowest BCUT2D eigenvalue weighted by molar-refractivity contribution is 0.103. The van der Waals surface area contributed by atoms with E-state index < -0.39 is 6.03 Å². The molecule has 2 amide bonds. The second-order valence-electron chi connectivity index (χ2n) is 4.82. The number of azo groups is 1. The van der Waals surface area contributed by atoms with Crippen LogP contribution in [0, 0.1) is 0 Å². The first-order chi connectivity index (χ1) is 9.63. The predicted molar refractivity (Wildman–Crippen MR) is 73.5 cm³/mol. The molecule has 102 valence electrons. The lowest BCUT2D eigenvalue weighted by Crippen LogP contribution is -2.20. The minimum absolute atomic E-state index is 0.109. The fourth-order valence-electron chi connectivity index (χ4n) is 2.71. The van der Waals surface area contributed by atoms with Crippen molar-refractivity contribution in [3.63, 3.8) is 0 Å². The van der Waals surface area contributed by atoms with Crippen LogP contribution in [0.5, 0.6) is 0 Å². The van der Waals surface area contributed by atoms with Gasteiger partial charge in [-0.2, -0.15) is 10.2 Å². The Morgan fingerprint density at radius 1 is 1.45 bits per heavy atom. The summed E-state index contributed by atoms with van der Waals surface area (Å²) in [4.78, 5) is 23.6. The Kier molecular flexibility index (Phi) is 2.85. The van der Waals surface area contributed by atoms with Crippen LogP contribution in [-0.2, 0) is 0 Å². The zero-order valence-corrected chi connectivity index (χ0v) is 11.0. The molecule has 3 N–H and O–H groups in total. The largest absolute Gasteiger partial charge is 0.351 e. The van der Waals surface area contributed by atoms with Crippen LogP contribution in [0.4, 0.5) is 10.5 Å². The lowest BCUT2D eigenvalue weighted by atomic mass is 10.0. The molecule has 1 atom stereocenters. The fraction of sp³-hybridized carbons (Fsp3) is 0.286. The van der Waals surface area contributed by atoms with E-state index in [1.54, 1.807) is 12.1 Å². The molecule has 1 aromatic rings. The number of primary amides is 1. The molecular formula is C14H14N4O2. The first-order valence-corrected chi connectivity index (χ1v) is 6.51. The van der Waals surface area contributed by atoms with Gasteiger partial charge in [-0.3, -0.25) is 4.79 Å². The zero-order valence-electron chi connectivity index (χ0n) is 11.0. The smallest absolute Gasteiger partial charge is 0.316 e. The Hall–Kier alpha value is -2.50. The Morgan fingerprint density at radius 3 is 2.95 bits per heavy atom. The molecule has 1 aliphatic heterocycles. The van der Waals surface area contributed by atoms with E-state index in [0.717, 1.165) is 24.1 Å². The van der Waals surface area contributed by atoms with E-state index in [2.05, 4.69) is 15.5 Å². The summed E-state index contributed by atoms with van der Waals surface area (Å²) in [5.74, 6) is -0.109. The van der Waals surface area contributed by atoms with Crippen LogP contribution in [0.3, 0.4) is 0 Å². The third-order valence-corrected chi connectivity index (χ3v) is 3.49. The van der Waals surface area contributed by atoms with Crippen molar-refractivity contribution in [3.8, 4) is 0 Å². The zero-order chi connectivity index (χ0) is 14.3. The number of urea groups is 1. The summed E-state index contributed by atoms with van der Waals surface area (Å²) < 4.78 is 0. The van der Waals surface area contributed by atoms with Gasteiger partial charge in [0.05, 0.1) is 22.5 Å². The molecule has 20 heavy (non-hydrogen) atoms. The Balaban J connectivity index is 2.11. The van der Waals surface area contributed by atoms with Crippen molar-refractivity contribution in [2.75, 3.05) is 5.32 Å². The maximum atomic E-state index is 12.6. The van der Waals surface area contributed by atoms with E-state index in [0.29, 0.717) is 16.8 Å². The second kappa shape index (κ2) is 4.56. The number of hydrogen-bond donors (Lipinski definition) is 2. The van der Waals surface area contributed by atoms with Crippen molar-refractivity contribution in [1.29, 1.82) is 0 Å². The monoisotopic (exact) mass is 270 g/mol. The SMILES string of the molecule is CCCC1=C2C(=O)c3c(NC(N)=O)cccc3C2N=N1. The van der Waals surface area contributed by atoms with E-state index in [4.69, 9.17) is 5.73 Å². The second-order valence-corrected chi connectivity index (χ2v) is 4.82. The molecule has 0 saturated carbocycles.